The number of hydroxylamine groups is 2. The second kappa shape index (κ2) is 7.39. The van der Waals surface area contributed by atoms with Crippen LogP contribution in [0, 0.1) is 0 Å². The summed E-state index contributed by atoms with van der Waals surface area (Å²) in [6.07, 6.45) is 3.76. The van der Waals surface area contributed by atoms with Gasteiger partial charge in [-0.1, -0.05) is 6.42 Å². The van der Waals surface area contributed by atoms with Gasteiger partial charge in [0.1, 0.15) is 0 Å². The Labute approximate surface area is 138 Å². The Morgan fingerprint density at radius 3 is 3.04 bits per heavy atom. The van der Waals surface area contributed by atoms with E-state index >= 15 is 0 Å². The number of carbonyl (C=O) groups is 3. The summed E-state index contributed by atoms with van der Waals surface area (Å²) in [4.78, 5) is 44.4. The van der Waals surface area contributed by atoms with Crippen molar-refractivity contribution >= 4 is 29.7 Å². The highest BCUT2D eigenvalue weighted by atomic mass is 32.2. The number of fused-ring (bicyclic) bond motifs is 1. The Hall–Kier alpha value is -1.48. The zero-order chi connectivity index (χ0) is 16.2. The van der Waals surface area contributed by atoms with Crippen molar-refractivity contribution in [3.63, 3.8) is 0 Å². The van der Waals surface area contributed by atoms with Crippen molar-refractivity contribution in [3.8, 4) is 0 Å². The molecule has 3 fully saturated rings. The van der Waals surface area contributed by atoms with E-state index in [1.54, 1.807) is 0 Å². The number of urea groups is 1. The first kappa shape index (κ1) is 16.4. The lowest BCUT2D eigenvalue weighted by molar-refractivity contribution is -0.331. The first-order chi connectivity index (χ1) is 11.1. The normalized spacial score (nSPS) is 29.9. The van der Waals surface area contributed by atoms with E-state index in [9.17, 15) is 14.4 Å². The van der Waals surface area contributed by atoms with E-state index in [0.717, 1.165) is 18.6 Å². The molecule has 0 aliphatic carbocycles. The molecule has 3 atom stereocenters. The number of nitrogens with zero attached hydrogens (tertiary/aromatic N) is 1. The van der Waals surface area contributed by atoms with Crippen molar-refractivity contribution in [1.82, 2.24) is 15.9 Å². The number of hydrogen-bond donors (Lipinski definition) is 2. The molecule has 23 heavy (non-hydrogen) atoms. The molecule has 0 bridgehead atoms. The molecule has 0 aromatic rings. The molecule has 3 unspecified atom stereocenters. The molecular weight excluding hydrogens is 322 g/mol. The largest absolute Gasteiger partial charge is 0.335 e. The van der Waals surface area contributed by atoms with Crippen LogP contribution in [0.1, 0.15) is 38.5 Å². The van der Waals surface area contributed by atoms with Gasteiger partial charge in [0.05, 0.1) is 18.7 Å². The van der Waals surface area contributed by atoms with Crippen LogP contribution in [-0.2, 0) is 19.3 Å². The Balaban J connectivity index is 1.31. The topological polar surface area (TPSA) is 97.0 Å². The quantitative estimate of drug-likeness (QED) is 0.545. The lowest BCUT2D eigenvalue weighted by atomic mass is 10.0. The molecule has 3 amide bonds. The highest BCUT2D eigenvalue weighted by Crippen LogP contribution is 2.33. The molecule has 9 heteroatoms. The summed E-state index contributed by atoms with van der Waals surface area (Å²) in [7, 11) is 0. The van der Waals surface area contributed by atoms with Crippen LogP contribution in [0.4, 0.5) is 4.79 Å². The maximum Gasteiger partial charge on any atom is 0.335 e. The molecule has 0 radical (unpaired) electrons. The van der Waals surface area contributed by atoms with E-state index in [1.165, 1.54) is 0 Å². The summed E-state index contributed by atoms with van der Waals surface area (Å²) >= 11 is 1.86. The Bertz CT molecular complexity index is 489. The minimum Gasteiger partial charge on any atom is -0.332 e. The third kappa shape index (κ3) is 4.08. The Morgan fingerprint density at radius 1 is 1.35 bits per heavy atom. The number of thioether (sulfide) groups is 1. The van der Waals surface area contributed by atoms with Gasteiger partial charge in [0, 0.05) is 23.8 Å². The minimum absolute atomic E-state index is 0.0833. The first-order valence-electron chi connectivity index (χ1n) is 7.99. The van der Waals surface area contributed by atoms with Gasteiger partial charge in [0.15, 0.2) is 0 Å². The van der Waals surface area contributed by atoms with Gasteiger partial charge in [-0.05, 0) is 24.5 Å². The molecule has 3 aliphatic rings. The van der Waals surface area contributed by atoms with Gasteiger partial charge in [-0.2, -0.15) is 11.8 Å². The van der Waals surface area contributed by atoms with E-state index in [1.807, 2.05) is 11.8 Å². The van der Waals surface area contributed by atoms with Crippen molar-refractivity contribution in [1.29, 1.82) is 0 Å². The molecule has 3 heterocycles. The van der Waals surface area contributed by atoms with Crippen LogP contribution >= 0.6 is 11.8 Å². The van der Waals surface area contributed by atoms with Crippen molar-refractivity contribution in [2.24, 2.45) is 0 Å². The summed E-state index contributed by atoms with van der Waals surface area (Å²) in [6.45, 7) is 0.389. The number of nitrogens with one attached hydrogen (secondary N) is 2. The molecule has 8 nitrogen and oxygen atoms in total. The maximum atomic E-state index is 11.7. The average molecular weight is 343 g/mol. The lowest BCUT2D eigenvalue weighted by Crippen LogP contribution is -2.37. The third-order valence-corrected chi connectivity index (χ3v) is 5.70. The van der Waals surface area contributed by atoms with Crippen molar-refractivity contribution in [3.05, 3.63) is 0 Å². The summed E-state index contributed by atoms with van der Waals surface area (Å²) in [5.74, 6) is 0.167. The molecule has 0 spiro atoms. The van der Waals surface area contributed by atoms with Gasteiger partial charge >= 0.3 is 12.0 Å². The number of hydrogen-bond acceptors (Lipinski definition) is 6. The summed E-state index contributed by atoms with van der Waals surface area (Å²) < 4.78 is 0. The molecule has 128 valence electrons. The molecule has 0 aromatic heterocycles. The van der Waals surface area contributed by atoms with Crippen LogP contribution in [0.3, 0.4) is 0 Å². The van der Waals surface area contributed by atoms with Gasteiger partial charge in [-0.3, -0.25) is 4.79 Å². The monoisotopic (exact) mass is 343 g/mol. The standard InChI is InChI=1S/C14H21N3O5S/c18-11-5-3-7-21-17(11)22-12(19)6-2-1-4-10-13-9(8-23-10)15-14(20)16-13/h9-10,13H,1-8H2,(H2,15,16,20). The number of rotatable bonds is 6. The van der Waals surface area contributed by atoms with E-state index in [-0.39, 0.29) is 30.4 Å². The van der Waals surface area contributed by atoms with Crippen molar-refractivity contribution in [2.45, 2.75) is 55.9 Å². The van der Waals surface area contributed by atoms with Gasteiger partial charge in [-0.25, -0.2) is 14.4 Å². The second-order valence-corrected chi connectivity index (χ2v) is 7.19. The van der Waals surface area contributed by atoms with Crippen LogP contribution in [0.25, 0.3) is 0 Å². The van der Waals surface area contributed by atoms with Crippen LogP contribution < -0.4 is 10.6 Å². The minimum atomic E-state index is -0.451. The fraction of sp³-hybridized carbons (Fsp3) is 0.786. The zero-order valence-electron chi connectivity index (χ0n) is 12.8. The molecule has 0 aromatic carbocycles. The smallest absolute Gasteiger partial charge is 0.332 e. The highest BCUT2D eigenvalue weighted by molar-refractivity contribution is 8.00. The van der Waals surface area contributed by atoms with Crippen LogP contribution in [-0.4, -0.2) is 52.8 Å². The average Bonchev–Trinajstić information content (AvgIpc) is 3.06. The number of carbonyl (C=O) groups excluding carboxylic acids is 3. The predicted octanol–water partition coefficient (Wildman–Crippen LogP) is 0.724. The zero-order valence-corrected chi connectivity index (χ0v) is 13.6. The van der Waals surface area contributed by atoms with Gasteiger partial charge in [0.25, 0.3) is 5.91 Å². The summed E-state index contributed by atoms with van der Waals surface area (Å²) in [5.41, 5.74) is 0. The van der Waals surface area contributed by atoms with Crippen molar-refractivity contribution < 1.29 is 24.1 Å². The molecule has 2 N–H and O–H groups in total. The molecular formula is C14H21N3O5S. The summed E-state index contributed by atoms with van der Waals surface area (Å²) in [6, 6.07) is 0.337. The van der Waals surface area contributed by atoms with Gasteiger partial charge in [-0.15, -0.1) is 0 Å². The molecule has 0 saturated carbocycles. The fourth-order valence-corrected chi connectivity index (χ4v) is 4.55. The van der Waals surface area contributed by atoms with E-state index in [0.29, 0.717) is 36.3 Å². The van der Waals surface area contributed by atoms with Crippen LogP contribution in [0.15, 0.2) is 0 Å². The first-order valence-corrected chi connectivity index (χ1v) is 9.03. The van der Waals surface area contributed by atoms with Crippen LogP contribution in [0.2, 0.25) is 0 Å². The van der Waals surface area contributed by atoms with Crippen LogP contribution in [0.5, 0.6) is 0 Å². The third-order valence-electron chi connectivity index (χ3n) is 4.19. The predicted molar refractivity (Wildman–Crippen MR) is 82.1 cm³/mol. The van der Waals surface area contributed by atoms with E-state index < -0.39 is 5.97 Å². The number of unbranched alkanes of at least 4 members (excludes halogenated alkanes) is 1. The van der Waals surface area contributed by atoms with E-state index in [2.05, 4.69) is 10.6 Å². The molecule has 3 saturated heterocycles. The maximum absolute atomic E-state index is 11.7. The Kier molecular flexibility index (Phi) is 5.27. The van der Waals surface area contributed by atoms with Crippen molar-refractivity contribution in [2.75, 3.05) is 12.4 Å². The lowest BCUT2D eigenvalue weighted by Gasteiger charge is -2.23. The SMILES string of the molecule is O=C1NC2CSC(CCCCC(=O)ON3OCCCC3=O)C2N1. The second-order valence-electron chi connectivity index (χ2n) is 5.92. The highest BCUT2D eigenvalue weighted by Gasteiger charge is 2.42. The molecule has 3 rings (SSSR count). The Morgan fingerprint density at radius 2 is 2.22 bits per heavy atom. The summed E-state index contributed by atoms with van der Waals surface area (Å²) in [5, 5.41) is 6.96. The molecule has 3 aliphatic heterocycles. The number of amides is 3. The fourth-order valence-electron chi connectivity index (χ4n) is 3.01. The van der Waals surface area contributed by atoms with Gasteiger partial charge < -0.3 is 15.5 Å². The van der Waals surface area contributed by atoms with Gasteiger partial charge in [0.2, 0.25) is 0 Å². The van der Waals surface area contributed by atoms with E-state index in [4.69, 9.17) is 9.68 Å².